The van der Waals surface area contributed by atoms with Crippen molar-refractivity contribution in [2.75, 3.05) is 0 Å². The Hall–Kier alpha value is -0.700. The number of carbonyl (C=O) groups is 1. The molecule has 0 amide bonds. The number of rotatable bonds is 2. The van der Waals surface area contributed by atoms with Crippen LogP contribution in [-0.4, -0.2) is 5.78 Å². The minimum Gasteiger partial charge on any atom is -0.293 e. The van der Waals surface area contributed by atoms with Gasteiger partial charge in [-0.3, -0.25) is 4.79 Å². The van der Waals surface area contributed by atoms with Gasteiger partial charge in [-0.2, -0.15) is 0 Å². The first-order chi connectivity index (χ1) is 9.91. The lowest BCUT2D eigenvalue weighted by atomic mass is 9.43. The zero-order valence-electron chi connectivity index (χ0n) is 12.3. The smallest absolute Gasteiger partial charge is 0.172 e. The molecule has 4 bridgehead atoms. The highest BCUT2D eigenvalue weighted by molar-refractivity contribution is 9.10. The third kappa shape index (κ3) is 2.03. The standard InChI is InChI=1S/C18H20BrFO/c1-17-6-11-5-12(7-17)9-18(8-11,10-17)16(21)13-3-2-4-14(19)15(13)20/h2-4,11-12H,5-10H2,1H3. The van der Waals surface area contributed by atoms with Gasteiger partial charge in [0.1, 0.15) is 5.82 Å². The van der Waals surface area contributed by atoms with Crippen molar-refractivity contribution in [2.24, 2.45) is 22.7 Å². The maximum atomic E-state index is 14.4. The summed E-state index contributed by atoms with van der Waals surface area (Å²) in [7, 11) is 0. The van der Waals surface area contributed by atoms with Gasteiger partial charge in [0, 0.05) is 5.41 Å². The molecule has 0 saturated heterocycles. The van der Waals surface area contributed by atoms with E-state index in [2.05, 4.69) is 22.9 Å². The van der Waals surface area contributed by atoms with Gasteiger partial charge >= 0.3 is 0 Å². The SMILES string of the molecule is CC12CC3CC(C1)CC(C(=O)c1cccc(Br)c1F)(C3)C2. The fraction of sp³-hybridized carbons (Fsp3) is 0.611. The Labute approximate surface area is 133 Å². The van der Waals surface area contributed by atoms with Crippen molar-refractivity contribution < 1.29 is 9.18 Å². The van der Waals surface area contributed by atoms with E-state index in [0.29, 0.717) is 21.7 Å². The summed E-state index contributed by atoms with van der Waals surface area (Å²) in [6.45, 7) is 2.34. The van der Waals surface area contributed by atoms with Crippen LogP contribution in [0.2, 0.25) is 0 Å². The molecule has 3 heteroatoms. The monoisotopic (exact) mass is 350 g/mol. The molecule has 0 N–H and O–H groups in total. The Bertz CT molecular complexity index is 610. The quantitative estimate of drug-likeness (QED) is 0.654. The second kappa shape index (κ2) is 4.41. The first-order valence-corrected chi connectivity index (χ1v) is 8.69. The van der Waals surface area contributed by atoms with Crippen molar-refractivity contribution in [3.8, 4) is 0 Å². The van der Waals surface area contributed by atoms with Crippen LogP contribution >= 0.6 is 15.9 Å². The third-order valence-corrected chi connectivity index (χ3v) is 6.64. The van der Waals surface area contributed by atoms with Gasteiger partial charge in [0.05, 0.1) is 10.0 Å². The molecule has 1 aromatic rings. The molecule has 4 aliphatic carbocycles. The van der Waals surface area contributed by atoms with Crippen molar-refractivity contribution in [2.45, 2.75) is 45.4 Å². The Kier molecular flexibility index (Phi) is 2.92. The third-order valence-electron chi connectivity index (χ3n) is 6.03. The first-order valence-electron chi connectivity index (χ1n) is 7.90. The Morgan fingerprint density at radius 2 is 1.90 bits per heavy atom. The number of halogens is 2. The van der Waals surface area contributed by atoms with E-state index in [0.717, 1.165) is 19.3 Å². The maximum Gasteiger partial charge on any atom is 0.172 e. The summed E-state index contributed by atoms with van der Waals surface area (Å²) in [5.74, 6) is 1.02. The van der Waals surface area contributed by atoms with E-state index in [-0.39, 0.29) is 22.6 Å². The maximum absolute atomic E-state index is 14.4. The fourth-order valence-electron chi connectivity index (χ4n) is 5.95. The number of hydrogen-bond donors (Lipinski definition) is 0. The topological polar surface area (TPSA) is 17.1 Å². The highest BCUT2D eigenvalue weighted by Crippen LogP contribution is 2.65. The summed E-state index contributed by atoms with van der Waals surface area (Å²) in [6, 6.07) is 5.08. The Balaban J connectivity index is 1.76. The molecule has 4 aliphatic rings. The lowest BCUT2D eigenvalue weighted by molar-refractivity contribution is -0.0821. The number of ketones is 1. The summed E-state index contributed by atoms with van der Waals surface area (Å²) in [5, 5.41) is 0. The van der Waals surface area contributed by atoms with Crippen molar-refractivity contribution >= 4 is 21.7 Å². The second-order valence-electron chi connectivity index (χ2n) is 7.98. The molecule has 0 aliphatic heterocycles. The van der Waals surface area contributed by atoms with Crippen molar-refractivity contribution in [3.05, 3.63) is 34.1 Å². The molecular weight excluding hydrogens is 331 g/mol. The van der Waals surface area contributed by atoms with Gasteiger partial charge in [-0.05, 0) is 83.8 Å². The van der Waals surface area contributed by atoms with Gasteiger partial charge < -0.3 is 0 Å². The highest BCUT2D eigenvalue weighted by atomic mass is 79.9. The number of carbonyl (C=O) groups excluding carboxylic acids is 1. The molecule has 112 valence electrons. The van der Waals surface area contributed by atoms with Gasteiger partial charge in [-0.15, -0.1) is 0 Å². The van der Waals surface area contributed by atoms with Crippen LogP contribution in [0.5, 0.6) is 0 Å². The Morgan fingerprint density at radius 3 is 2.52 bits per heavy atom. The minimum absolute atomic E-state index is 0.0571. The lowest BCUT2D eigenvalue weighted by Gasteiger charge is -2.60. The van der Waals surface area contributed by atoms with E-state index in [1.165, 1.54) is 19.3 Å². The van der Waals surface area contributed by atoms with Gasteiger partial charge in [0.2, 0.25) is 0 Å². The molecule has 2 atom stereocenters. The molecule has 1 nitrogen and oxygen atoms in total. The summed E-state index contributed by atoms with van der Waals surface area (Å²) in [5.41, 5.74) is 0.304. The van der Waals surface area contributed by atoms with Crippen molar-refractivity contribution in [1.29, 1.82) is 0 Å². The molecule has 4 fully saturated rings. The van der Waals surface area contributed by atoms with E-state index >= 15 is 0 Å². The second-order valence-corrected chi connectivity index (χ2v) is 8.84. The van der Waals surface area contributed by atoms with Gasteiger partial charge in [-0.1, -0.05) is 13.0 Å². The molecule has 0 spiro atoms. The van der Waals surface area contributed by atoms with E-state index in [4.69, 9.17) is 0 Å². The highest BCUT2D eigenvalue weighted by Gasteiger charge is 2.58. The summed E-state index contributed by atoms with van der Waals surface area (Å²) in [6.07, 6.45) is 6.72. The van der Waals surface area contributed by atoms with Crippen LogP contribution in [0.1, 0.15) is 55.8 Å². The van der Waals surface area contributed by atoms with E-state index in [1.54, 1.807) is 18.2 Å². The Morgan fingerprint density at radius 1 is 1.24 bits per heavy atom. The van der Waals surface area contributed by atoms with Gasteiger partial charge in [0.15, 0.2) is 5.78 Å². The molecule has 4 saturated carbocycles. The molecule has 0 heterocycles. The van der Waals surface area contributed by atoms with Crippen LogP contribution < -0.4 is 0 Å². The fourth-order valence-corrected chi connectivity index (χ4v) is 6.32. The van der Waals surface area contributed by atoms with Crippen molar-refractivity contribution in [3.63, 3.8) is 0 Å². The average molecular weight is 351 g/mol. The number of Topliss-reactive ketones (excluding diaryl/α,β-unsaturated/α-hetero) is 1. The lowest BCUT2D eigenvalue weighted by Crippen LogP contribution is -2.54. The summed E-state index contributed by atoms with van der Waals surface area (Å²) >= 11 is 3.21. The minimum atomic E-state index is -0.386. The predicted molar refractivity (Wildman–Crippen MR) is 83.7 cm³/mol. The van der Waals surface area contributed by atoms with E-state index < -0.39 is 0 Å². The van der Waals surface area contributed by atoms with Crippen LogP contribution in [0.25, 0.3) is 0 Å². The van der Waals surface area contributed by atoms with Crippen LogP contribution in [-0.2, 0) is 0 Å². The van der Waals surface area contributed by atoms with Crippen LogP contribution in [0.15, 0.2) is 22.7 Å². The zero-order chi connectivity index (χ0) is 14.8. The van der Waals surface area contributed by atoms with Crippen LogP contribution in [0, 0.1) is 28.5 Å². The van der Waals surface area contributed by atoms with Gasteiger partial charge in [-0.25, -0.2) is 4.39 Å². The molecule has 0 aromatic heterocycles. The molecular formula is C18H20BrFO. The average Bonchev–Trinajstić information content (AvgIpc) is 2.38. The van der Waals surface area contributed by atoms with E-state index in [9.17, 15) is 9.18 Å². The van der Waals surface area contributed by atoms with E-state index in [1.807, 2.05) is 0 Å². The molecule has 1 aromatic carbocycles. The van der Waals surface area contributed by atoms with Gasteiger partial charge in [0.25, 0.3) is 0 Å². The summed E-state index contributed by atoms with van der Waals surface area (Å²) < 4.78 is 14.8. The first kappa shape index (κ1) is 13.9. The van der Waals surface area contributed by atoms with Crippen LogP contribution in [0.3, 0.4) is 0 Å². The molecule has 5 rings (SSSR count). The number of benzene rings is 1. The normalized spacial score (nSPS) is 40.5. The largest absolute Gasteiger partial charge is 0.293 e. The number of hydrogen-bond acceptors (Lipinski definition) is 1. The molecule has 21 heavy (non-hydrogen) atoms. The zero-order valence-corrected chi connectivity index (χ0v) is 13.9. The van der Waals surface area contributed by atoms with Crippen LogP contribution in [0.4, 0.5) is 4.39 Å². The predicted octanol–water partition coefficient (Wildman–Crippen LogP) is 5.38. The molecule has 0 radical (unpaired) electrons. The summed E-state index contributed by atoms with van der Waals surface area (Å²) in [4.78, 5) is 13.2. The van der Waals surface area contributed by atoms with Crippen molar-refractivity contribution in [1.82, 2.24) is 0 Å². The molecule has 2 unspecified atom stereocenters.